The monoisotopic (exact) mass is 345 g/mol. The molecule has 130 valence electrons. The molecule has 0 saturated carbocycles. The molecule has 0 aliphatic carbocycles. The minimum Gasteiger partial charge on any atom is -0.493 e. The molecule has 6 heteroatoms. The first-order chi connectivity index (χ1) is 12.1. The second-order valence-corrected chi connectivity index (χ2v) is 6.15. The predicted octanol–water partition coefficient (Wildman–Crippen LogP) is 2.81. The van der Waals surface area contributed by atoms with Gasteiger partial charge in [0.1, 0.15) is 11.5 Å². The zero-order valence-electron chi connectivity index (χ0n) is 13.5. The van der Waals surface area contributed by atoms with Crippen LogP contribution < -0.4 is 14.8 Å². The average Bonchev–Trinajstić information content (AvgIpc) is 3.25. The maximum absolute atomic E-state index is 13.2. The van der Waals surface area contributed by atoms with Gasteiger partial charge in [-0.3, -0.25) is 4.79 Å². The number of carbonyl (C=O) groups excluding carboxylic acids is 1. The van der Waals surface area contributed by atoms with Gasteiger partial charge in [0, 0.05) is 41.6 Å². The fourth-order valence-corrected chi connectivity index (χ4v) is 3.39. The normalized spacial score (nSPS) is 14.5. The number of ether oxygens (including phenoxy) is 2. The highest BCUT2D eigenvalue weighted by Crippen LogP contribution is 2.40. The molecule has 0 unspecified atom stereocenters. The van der Waals surface area contributed by atoms with Crippen LogP contribution in [0.5, 0.6) is 11.5 Å². The molecule has 4 nitrogen and oxygen atoms in total. The molecule has 0 atom stereocenters. The summed E-state index contributed by atoms with van der Waals surface area (Å²) in [5.74, 6) is -0.612. The van der Waals surface area contributed by atoms with Gasteiger partial charge in [-0.15, -0.1) is 0 Å². The van der Waals surface area contributed by atoms with Crippen molar-refractivity contribution in [3.63, 3.8) is 0 Å². The Hall–Kier alpha value is -2.63. The van der Waals surface area contributed by atoms with Gasteiger partial charge >= 0.3 is 0 Å². The summed E-state index contributed by atoms with van der Waals surface area (Å²) >= 11 is 0. The van der Waals surface area contributed by atoms with Gasteiger partial charge in [0.2, 0.25) is 0 Å². The first kappa shape index (κ1) is 15.9. The molecule has 2 aromatic rings. The van der Waals surface area contributed by atoms with E-state index in [1.807, 2.05) is 6.07 Å². The lowest BCUT2D eigenvalue weighted by atomic mass is 9.97. The van der Waals surface area contributed by atoms with Crippen LogP contribution in [-0.4, -0.2) is 25.7 Å². The van der Waals surface area contributed by atoms with E-state index in [9.17, 15) is 13.6 Å². The molecule has 4 rings (SSSR count). The molecule has 1 amide bonds. The van der Waals surface area contributed by atoms with E-state index in [0.29, 0.717) is 26.2 Å². The SMILES string of the molecule is O=C(NCCc1c2c(cc3c1OCC3)OCC2)c1ccc(F)c(F)c1. The number of amides is 1. The highest BCUT2D eigenvalue weighted by molar-refractivity contribution is 5.94. The molecule has 2 aliphatic heterocycles. The van der Waals surface area contributed by atoms with Gasteiger partial charge in [-0.25, -0.2) is 8.78 Å². The van der Waals surface area contributed by atoms with Gasteiger partial charge in [0.25, 0.3) is 5.91 Å². The van der Waals surface area contributed by atoms with Gasteiger partial charge in [0.15, 0.2) is 11.6 Å². The van der Waals surface area contributed by atoms with E-state index < -0.39 is 17.5 Å². The van der Waals surface area contributed by atoms with E-state index in [4.69, 9.17) is 9.47 Å². The van der Waals surface area contributed by atoms with Crippen LogP contribution in [0.15, 0.2) is 24.3 Å². The van der Waals surface area contributed by atoms with Crippen molar-refractivity contribution in [3.8, 4) is 11.5 Å². The molecule has 2 aliphatic rings. The Balaban J connectivity index is 1.47. The highest BCUT2D eigenvalue weighted by Gasteiger charge is 2.26. The van der Waals surface area contributed by atoms with E-state index >= 15 is 0 Å². The van der Waals surface area contributed by atoms with Gasteiger partial charge < -0.3 is 14.8 Å². The summed E-state index contributed by atoms with van der Waals surface area (Å²) in [5, 5.41) is 2.75. The Morgan fingerprint density at radius 1 is 1.08 bits per heavy atom. The maximum atomic E-state index is 13.2. The maximum Gasteiger partial charge on any atom is 0.251 e. The molecule has 0 saturated heterocycles. The first-order valence-electron chi connectivity index (χ1n) is 8.30. The van der Waals surface area contributed by atoms with Crippen molar-refractivity contribution < 1.29 is 23.0 Å². The summed E-state index contributed by atoms with van der Waals surface area (Å²) in [6, 6.07) is 5.17. The van der Waals surface area contributed by atoms with Gasteiger partial charge in [0.05, 0.1) is 13.2 Å². The second-order valence-electron chi connectivity index (χ2n) is 6.15. The predicted molar refractivity (Wildman–Crippen MR) is 87.2 cm³/mol. The standard InChI is InChI=1S/C19H17F2NO3/c20-15-2-1-12(9-16(15)21)19(23)22-6-3-14-13-5-8-24-17(13)10-11-4-7-25-18(11)14/h1-2,9-10H,3-8H2,(H,22,23). The Morgan fingerprint density at radius 2 is 1.92 bits per heavy atom. The quantitative estimate of drug-likeness (QED) is 0.927. The second kappa shape index (κ2) is 6.35. The van der Waals surface area contributed by atoms with Crippen molar-refractivity contribution in [1.29, 1.82) is 0 Å². The summed E-state index contributed by atoms with van der Waals surface area (Å²) in [6.45, 7) is 1.70. The summed E-state index contributed by atoms with van der Waals surface area (Å²) in [5.41, 5.74) is 3.46. The van der Waals surface area contributed by atoms with E-state index in [0.717, 1.165) is 53.2 Å². The number of halogens is 2. The van der Waals surface area contributed by atoms with Crippen LogP contribution in [0.2, 0.25) is 0 Å². The van der Waals surface area contributed by atoms with Crippen LogP contribution in [0, 0.1) is 11.6 Å². The number of hydrogen-bond donors (Lipinski definition) is 1. The van der Waals surface area contributed by atoms with Gasteiger partial charge in [-0.05, 0) is 30.7 Å². The van der Waals surface area contributed by atoms with Crippen molar-refractivity contribution in [2.24, 2.45) is 0 Å². The Labute approximate surface area is 143 Å². The molecule has 0 spiro atoms. The fourth-order valence-electron chi connectivity index (χ4n) is 3.39. The Bertz CT molecular complexity index is 819. The summed E-state index contributed by atoms with van der Waals surface area (Å²) < 4.78 is 37.6. The van der Waals surface area contributed by atoms with Crippen LogP contribution in [0.4, 0.5) is 8.78 Å². The minimum absolute atomic E-state index is 0.0991. The first-order valence-corrected chi connectivity index (χ1v) is 8.30. The van der Waals surface area contributed by atoms with Crippen molar-refractivity contribution in [3.05, 3.63) is 58.2 Å². The third-order valence-electron chi connectivity index (χ3n) is 4.60. The molecule has 0 fully saturated rings. The van der Waals surface area contributed by atoms with E-state index in [1.54, 1.807) is 0 Å². The van der Waals surface area contributed by atoms with E-state index in [-0.39, 0.29) is 5.56 Å². The largest absolute Gasteiger partial charge is 0.493 e. The van der Waals surface area contributed by atoms with E-state index in [2.05, 4.69) is 5.32 Å². The van der Waals surface area contributed by atoms with Crippen molar-refractivity contribution >= 4 is 5.91 Å². The van der Waals surface area contributed by atoms with E-state index in [1.165, 1.54) is 6.07 Å². The molecule has 0 bridgehead atoms. The highest BCUT2D eigenvalue weighted by atomic mass is 19.2. The Kier molecular flexibility index (Phi) is 4.03. The van der Waals surface area contributed by atoms with Gasteiger partial charge in [-0.2, -0.15) is 0 Å². The zero-order valence-corrected chi connectivity index (χ0v) is 13.5. The van der Waals surface area contributed by atoms with Crippen molar-refractivity contribution in [1.82, 2.24) is 5.32 Å². The lowest BCUT2D eigenvalue weighted by molar-refractivity contribution is 0.0953. The summed E-state index contributed by atoms with van der Waals surface area (Å²) in [6.07, 6.45) is 2.29. The molecule has 0 radical (unpaired) electrons. The minimum atomic E-state index is -1.03. The molecule has 25 heavy (non-hydrogen) atoms. The van der Waals surface area contributed by atoms with Crippen LogP contribution in [0.3, 0.4) is 0 Å². The third kappa shape index (κ3) is 2.92. The van der Waals surface area contributed by atoms with Crippen LogP contribution in [0.1, 0.15) is 27.0 Å². The molecule has 2 heterocycles. The summed E-state index contributed by atoms with van der Waals surface area (Å²) in [4.78, 5) is 12.1. The number of rotatable bonds is 4. The average molecular weight is 345 g/mol. The molecule has 0 aromatic heterocycles. The molecule has 2 aromatic carbocycles. The zero-order chi connectivity index (χ0) is 17.4. The Morgan fingerprint density at radius 3 is 2.76 bits per heavy atom. The van der Waals surface area contributed by atoms with Crippen LogP contribution >= 0.6 is 0 Å². The number of benzene rings is 2. The van der Waals surface area contributed by atoms with Crippen molar-refractivity contribution in [2.45, 2.75) is 19.3 Å². The van der Waals surface area contributed by atoms with Crippen molar-refractivity contribution in [2.75, 3.05) is 19.8 Å². The summed E-state index contributed by atoms with van der Waals surface area (Å²) in [7, 11) is 0. The molecular formula is C19H17F2NO3. The smallest absolute Gasteiger partial charge is 0.251 e. The fraction of sp³-hybridized carbons (Fsp3) is 0.316. The number of nitrogens with one attached hydrogen (secondary N) is 1. The van der Waals surface area contributed by atoms with Gasteiger partial charge in [-0.1, -0.05) is 0 Å². The van der Waals surface area contributed by atoms with Crippen LogP contribution in [-0.2, 0) is 19.3 Å². The number of carbonyl (C=O) groups is 1. The number of fused-ring (bicyclic) bond motifs is 2. The topological polar surface area (TPSA) is 47.6 Å². The lowest BCUT2D eigenvalue weighted by Crippen LogP contribution is -2.26. The molecule has 1 N–H and O–H groups in total. The molecular weight excluding hydrogens is 328 g/mol. The van der Waals surface area contributed by atoms with Crippen LogP contribution in [0.25, 0.3) is 0 Å². The third-order valence-corrected chi connectivity index (χ3v) is 4.60. The lowest BCUT2D eigenvalue weighted by Gasteiger charge is -2.13. The number of hydrogen-bond acceptors (Lipinski definition) is 3.